The monoisotopic (exact) mass is 313 g/mol. The molecule has 0 amide bonds. The molecule has 21 heavy (non-hydrogen) atoms. The van der Waals surface area contributed by atoms with Gasteiger partial charge in [0.1, 0.15) is 12.4 Å². The van der Waals surface area contributed by atoms with E-state index in [9.17, 15) is 13.2 Å². The fourth-order valence-electron chi connectivity index (χ4n) is 2.08. The number of carbonyl (C=O) groups excluding carboxylic acids is 1. The van der Waals surface area contributed by atoms with Gasteiger partial charge in [-0.25, -0.2) is 13.6 Å². The Morgan fingerprint density at radius 2 is 2.24 bits per heavy atom. The predicted molar refractivity (Wildman–Crippen MR) is 76.3 cm³/mol. The van der Waals surface area contributed by atoms with Crippen molar-refractivity contribution in [1.82, 2.24) is 0 Å². The third kappa shape index (κ3) is 3.74. The SMILES string of the molecule is CCC(C)OC(=O)C1COc2ccc(S(N)(=O)=O)cc2C1. The maximum Gasteiger partial charge on any atom is 0.313 e. The second-order valence-electron chi connectivity index (χ2n) is 5.18. The summed E-state index contributed by atoms with van der Waals surface area (Å²) in [5, 5.41) is 5.11. The fourth-order valence-corrected chi connectivity index (χ4v) is 2.64. The van der Waals surface area contributed by atoms with E-state index in [1.165, 1.54) is 12.1 Å². The highest BCUT2D eigenvalue weighted by atomic mass is 32.2. The number of rotatable bonds is 4. The number of nitrogens with two attached hydrogens (primary N) is 1. The van der Waals surface area contributed by atoms with Crippen LogP contribution in [-0.2, 0) is 26.0 Å². The van der Waals surface area contributed by atoms with Crippen LogP contribution in [0.3, 0.4) is 0 Å². The lowest BCUT2D eigenvalue weighted by molar-refractivity contribution is -0.154. The van der Waals surface area contributed by atoms with Gasteiger partial charge in [-0.15, -0.1) is 0 Å². The minimum Gasteiger partial charge on any atom is -0.492 e. The Kier molecular flexibility index (Phi) is 4.53. The van der Waals surface area contributed by atoms with Crippen molar-refractivity contribution in [3.05, 3.63) is 23.8 Å². The van der Waals surface area contributed by atoms with E-state index in [-0.39, 0.29) is 23.6 Å². The summed E-state index contributed by atoms with van der Waals surface area (Å²) in [4.78, 5) is 12.0. The van der Waals surface area contributed by atoms with Crippen LogP contribution in [0.4, 0.5) is 0 Å². The van der Waals surface area contributed by atoms with E-state index in [2.05, 4.69) is 0 Å². The molecule has 0 bridgehead atoms. The number of carbonyl (C=O) groups is 1. The van der Waals surface area contributed by atoms with Crippen LogP contribution in [0.15, 0.2) is 23.1 Å². The first kappa shape index (κ1) is 15.8. The van der Waals surface area contributed by atoms with Gasteiger partial charge in [-0.3, -0.25) is 4.79 Å². The molecule has 1 aliphatic rings. The Bertz CT molecular complexity index is 641. The van der Waals surface area contributed by atoms with E-state index in [0.29, 0.717) is 17.7 Å². The van der Waals surface area contributed by atoms with Crippen molar-refractivity contribution in [3.8, 4) is 5.75 Å². The van der Waals surface area contributed by atoms with Gasteiger partial charge in [0.05, 0.1) is 16.9 Å². The molecule has 116 valence electrons. The molecule has 0 saturated heterocycles. The van der Waals surface area contributed by atoms with Crippen molar-refractivity contribution in [2.45, 2.75) is 37.7 Å². The number of ether oxygens (including phenoxy) is 2. The molecule has 0 spiro atoms. The topological polar surface area (TPSA) is 95.7 Å². The molecule has 2 N–H and O–H groups in total. The number of primary sulfonamides is 1. The average molecular weight is 313 g/mol. The number of sulfonamides is 1. The summed E-state index contributed by atoms with van der Waals surface area (Å²) in [6, 6.07) is 4.41. The van der Waals surface area contributed by atoms with Gasteiger partial charge in [0.15, 0.2) is 0 Å². The molecule has 2 unspecified atom stereocenters. The van der Waals surface area contributed by atoms with Crippen LogP contribution in [0.25, 0.3) is 0 Å². The van der Waals surface area contributed by atoms with E-state index >= 15 is 0 Å². The Hall–Kier alpha value is -1.60. The lowest BCUT2D eigenvalue weighted by atomic mass is 9.97. The number of esters is 1. The van der Waals surface area contributed by atoms with Crippen LogP contribution >= 0.6 is 0 Å². The highest BCUT2D eigenvalue weighted by Gasteiger charge is 2.29. The normalized spacial score (nSPS) is 19.3. The molecule has 2 atom stereocenters. The van der Waals surface area contributed by atoms with E-state index in [0.717, 1.165) is 6.42 Å². The van der Waals surface area contributed by atoms with Crippen LogP contribution in [0.1, 0.15) is 25.8 Å². The molecule has 1 aromatic carbocycles. The molecular formula is C14H19NO5S. The van der Waals surface area contributed by atoms with E-state index in [1.807, 2.05) is 13.8 Å². The highest BCUT2D eigenvalue weighted by molar-refractivity contribution is 7.89. The van der Waals surface area contributed by atoms with Crippen LogP contribution in [0.2, 0.25) is 0 Å². The second-order valence-corrected chi connectivity index (χ2v) is 6.74. The molecule has 0 aromatic heterocycles. The zero-order valence-corrected chi connectivity index (χ0v) is 12.9. The van der Waals surface area contributed by atoms with Gasteiger partial charge >= 0.3 is 5.97 Å². The third-order valence-electron chi connectivity index (χ3n) is 3.49. The maximum atomic E-state index is 12.0. The first-order valence-corrected chi connectivity index (χ1v) is 8.35. The van der Waals surface area contributed by atoms with Gasteiger partial charge in [-0.2, -0.15) is 0 Å². The van der Waals surface area contributed by atoms with Crippen molar-refractivity contribution in [2.75, 3.05) is 6.61 Å². The zero-order chi connectivity index (χ0) is 15.6. The minimum atomic E-state index is -3.77. The van der Waals surface area contributed by atoms with Crippen molar-refractivity contribution in [2.24, 2.45) is 11.1 Å². The minimum absolute atomic E-state index is 0.0146. The Morgan fingerprint density at radius 3 is 2.86 bits per heavy atom. The van der Waals surface area contributed by atoms with Crippen molar-refractivity contribution < 1.29 is 22.7 Å². The van der Waals surface area contributed by atoms with Crippen LogP contribution in [-0.4, -0.2) is 27.1 Å². The van der Waals surface area contributed by atoms with Crippen molar-refractivity contribution in [3.63, 3.8) is 0 Å². The summed E-state index contributed by atoms with van der Waals surface area (Å²) in [5.74, 6) is -0.173. The van der Waals surface area contributed by atoms with Crippen LogP contribution in [0, 0.1) is 5.92 Å². The average Bonchev–Trinajstić information content (AvgIpc) is 2.44. The van der Waals surface area contributed by atoms with Gasteiger partial charge in [-0.1, -0.05) is 6.92 Å². The Labute approximate surface area is 124 Å². The first-order valence-electron chi connectivity index (χ1n) is 6.80. The van der Waals surface area contributed by atoms with Crippen molar-refractivity contribution >= 4 is 16.0 Å². The molecule has 0 fully saturated rings. The molecule has 2 rings (SSSR count). The maximum absolute atomic E-state index is 12.0. The standard InChI is InChI=1S/C14H19NO5S/c1-3-9(2)20-14(16)11-6-10-7-12(21(15,17)18)4-5-13(10)19-8-11/h4-5,7,9,11H,3,6,8H2,1-2H3,(H2,15,17,18). The van der Waals surface area contributed by atoms with E-state index < -0.39 is 15.9 Å². The molecule has 0 radical (unpaired) electrons. The third-order valence-corrected chi connectivity index (χ3v) is 4.40. The van der Waals surface area contributed by atoms with Crippen LogP contribution < -0.4 is 9.88 Å². The smallest absolute Gasteiger partial charge is 0.313 e. The summed E-state index contributed by atoms with van der Waals surface area (Å²) in [6.07, 6.45) is 0.981. The molecular weight excluding hydrogens is 294 g/mol. The van der Waals surface area contributed by atoms with Gasteiger partial charge in [0, 0.05) is 0 Å². The summed E-state index contributed by atoms with van der Waals surface area (Å²) in [5.41, 5.74) is 0.652. The van der Waals surface area contributed by atoms with Gasteiger partial charge in [-0.05, 0) is 43.5 Å². The molecule has 1 heterocycles. The van der Waals surface area contributed by atoms with Gasteiger partial charge in [0.2, 0.25) is 10.0 Å². The molecule has 1 aliphatic heterocycles. The highest BCUT2D eigenvalue weighted by Crippen LogP contribution is 2.30. The molecule has 0 saturated carbocycles. The summed E-state index contributed by atoms with van der Waals surface area (Å²) in [6.45, 7) is 3.99. The fraction of sp³-hybridized carbons (Fsp3) is 0.500. The first-order chi connectivity index (χ1) is 9.81. The van der Waals surface area contributed by atoms with Crippen molar-refractivity contribution in [1.29, 1.82) is 0 Å². The van der Waals surface area contributed by atoms with Gasteiger partial charge in [0.25, 0.3) is 0 Å². The zero-order valence-electron chi connectivity index (χ0n) is 12.0. The predicted octanol–water partition coefficient (Wildman–Crippen LogP) is 1.23. The number of hydrogen-bond acceptors (Lipinski definition) is 5. The molecule has 0 aliphatic carbocycles. The lowest BCUT2D eigenvalue weighted by Gasteiger charge is -2.25. The van der Waals surface area contributed by atoms with Gasteiger partial charge < -0.3 is 9.47 Å². The molecule has 7 heteroatoms. The second kappa shape index (κ2) is 6.03. The number of benzene rings is 1. The number of hydrogen-bond donors (Lipinski definition) is 1. The summed E-state index contributed by atoms with van der Waals surface area (Å²) >= 11 is 0. The Morgan fingerprint density at radius 1 is 1.52 bits per heavy atom. The van der Waals surface area contributed by atoms with E-state index in [4.69, 9.17) is 14.6 Å². The van der Waals surface area contributed by atoms with E-state index in [1.54, 1.807) is 6.07 Å². The lowest BCUT2D eigenvalue weighted by Crippen LogP contribution is -2.31. The Balaban J connectivity index is 2.17. The summed E-state index contributed by atoms with van der Waals surface area (Å²) < 4.78 is 33.5. The summed E-state index contributed by atoms with van der Waals surface area (Å²) in [7, 11) is -3.77. The van der Waals surface area contributed by atoms with Crippen LogP contribution in [0.5, 0.6) is 5.75 Å². The number of fused-ring (bicyclic) bond motifs is 1. The molecule has 1 aromatic rings. The molecule has 6 nitrogen and oxygen atoms in total. The quantitative estimate of drug-likeness (QED) is 0.843. The largest absolute Gasteiger partial charge is 0.492 e.